The summed E-state index contributed by atoms with van der Waals surface area (Å²) in [6.45, 7) is 3.43. The number of ether oxygens (including phenoxy) is 1. The van der Waals surface area contributed by atoms with Gasteiger partial charge in [0.25, 0.3) is 0 Å². The normalized spacial score (nSPS) is 22.5. The predicted molar refractivity (Wildman–Crippen MR) is 205 cm³/mol. The summed E-state index contributed by atoms with van der Waals surface area (Å²) in [7, 11) is -16.5. The molecule has 0 aliphatic carbocycles. The Bertz CT molecular complexity index is 2000. The number of nitrogens with zero attached hydrogens (tertiary/aromatic N) is 4. The minimum atomic E-state index is -5.61. The molecule has 3 rings (SSSR count). The van der Waals surface area contributed by atoms with Gasteiger partial charge in [-0.25, -0.2) is 28.6 Å². The van der Waals surface area contributed by atoms with Crippen molar-refractivity contribution in [3.8, 4) is 0 Å². The molecule has 29 heteroatoms. The third-order valence-corrected chi connectivity index (χ3v) is 12.3. The molecule has 1 fully saturated rings. The molecule has 0 radical (unpaired) electrons. The number of ketones is 1. The summed E-state index contributed by atoms with van der Waals surface area (Å²) in [5, 5.41) is 26.2. The van der Waals surface area contributed by atoms with Crippen LogP contribution in [0.4, 0.5) is 5.82 Å². The summed E-state index contributed by atoms with van der Waals surface area (Å²) in [5.74, 6) is -1.56. The number of aliphatic hydroxyl groups excluding tert-OH is 2. The van der Waals surface area contributed by atoms with Gasteiger partial charge in [0, 0.05) is 37.1 Å². The van der Waals surface area contributed by atoms with Crippen molar-refractivity contribution < 1.29 is 85.3 Å². The highest BCUT2D eigenvalue weighted by Gasteiger charge is 2.57. The maximum atomic E-state index is 12.8. The highest BCUT2D eigenvalue weighted by molar-refractivity contribution is 8.13. The minimum Gasteiger partial charge on any atom is -0.385 e. The van der Waals surface area contributed by atoms with Crippen LogP contribution in [-0.2, 0) is 61.2 Å². The van der Waals surface area contributed by atoms with Gasteiger partial charge in [-0.3, -0.25) is 37.3 Å². The van der Waals surface area contributed by atoms with Crippen molar-refractivity contribution in [2.75, 3.05) is 37.8 Å². The first-order valence-corrected chi connectivity index (χ1v) is 23.1. The Morgan fingerprint density at radius 1 is 1.07 bits per heavy atom. The highest BCUT2D eigenvalue weighted by Crippen LogP contribution is 2.61. The van der Waals surface area contributed by atoms with Crippen LogP contribution in [-0.4, -0.2) is 128 Å². The van der Waals surface area contributed by atoms with Crippen LogP contribution in [0, 0.1) is 5.41 Å². The van der Waals surface area contributed by atoms with Crippen LogP contribution < -0.4 is 16.4 Å². The second-order valence-corrected chi connectivity index (χ2v) is 19.0. The number of aromatic nitrogens is 4. The monoisotopic (exact) mass is 919 g/mol. The van der Waals surface area contributed by atoms with Gasteiger partial charge in [0.1, 0.15) is 42.0 Å². The summed E-state index contributed by atoms with van der Waals surface area (Å²) < 4.78 is 62.7. The molecule has 1 aliphatic rings. The van der Waals surface area contributed by atoms with Gasteiger partial charge in [0.05, 0.1) is 26.0 Å². The van der Waals surface area contributed by atoms with Crippen LogP contribution >= 0.6 is 35.2 Å². The van der Waals surface area contributed by atoms with Gasteiger partial charge >= 0.3 is 23.5 Å². The smallest absolute Gasteiger partial charge is 0.385 e. The molecule has 59 heavy (non-hydrogen) atoms. The number of imidazole rings is 1. The lowest BCUT2D eigenvalue weighted by atomic mass is 9.87. The molecular weight excluding hydrogens is 871 g/mol. The third kappa shape index (κ3) is 15.1. The number of rotatable bonds is 24. The lowest BCUT2D eigenvalue weighted by Crippen LogP contribution is -2.46. The van der Waals surface area contributed by atoms with Crippen LogP contribution in [0.15, 0.2) is 24.8 Å². The van der Waals surface area contributed by atoms with E-state index < -0.39 is 84.1 Å². The number of fused-ring (bicyclic) bond motifs is 1. The number of nitrogen functional groups attached to an aromatic ring is 1. The van der Waals surface area contributed by atoms with E-state index in [2.05, 4.69) is 29.9 Å². The van der Waals surface area contributed by atoms with Crippen molar-refractivity contribution in [2.45, 2.75) is 83.5 Å². The number of hydrogen-bond acceptors (Lipinski definition) is 19. The number of carbonyl (C=O) groups is 4. The van der Waals surface area contributed by atoms with Crippen molar-refractivity contribution >= 4 is 74.9 Å². The lowest BCUT2D eigenvalue weighted by Gasteiger charge is -2.30. The zero-order valence-electron chi connectivity index (χ0n) is 32.2. The molecule has 1 saturated heterocycles. The first-order valence-electron chi connectivity index (χ1n) is 17.6. The minimum absolute atomic E-state index is 0.0121. The SMILES string of the molecule is CCC=CCC(=O)CC(=O)SCCNC(=O)CCNC(=O)C(O)C(C)(C)COP(=O)(O)OP(=O)(O)OCC1OC(C)(n2cnc3c(N)ncnc32)C(O)C1OP(=O)(O)O. The van der Waals surface area contributed by atoms with E-state index in [1.807, 2.05) is 13.0 Å². The van der Waals surface area contributed by atoms with E-state index in [4.69, 9.17) is 24.0 Å². The number of amides is 2. The maximum Gasteiger partial charge on any atom is 0.481 e. The second kappa shape index (κ2) is 21.2. The lowest BCUT2D eigenvalue weighted by molar-refractivity contribution is -0.137. The average Bonchev–Trinajstić information content (AvgIpc) is 3.67. The Kier molecular flexibility index (Phi) is 18.1. The standard InChI is InChI=1S/C30H48N7O18P3S/c1-5-6-7-8-18(38)13-21(40)59-12-11-32-20(39)9-10-33-28(43)25(42)29(2,3)15-52-58(49,50)55-57(47,48)51-14-19-23(54-56(44,45)46)24(41)30(4,53-19)37-17-36-22-26(31)34-16-35-27(22)37/h6-7,16-17,19,23-25,41-42H,5,8-15H2,1-4H3,(H,32,39)(H,33,43)(H,47,48)(H,49,50)(H2,31,34,35)(H2,44,45,46). The van der Waals surface area contributed by atoms with Crippen LogP contribution in [0.1, 0.15) is 53.4 Å². The summed E-state index contributed by atoms with van der Waals surface area (Å²) in [4.78, 5) is 99.7. The number of anilines is 1. The van der Waals surface area contributed by atoms with E-state index in [1.165, 1.54) is 20.8 Å². The predicted octanol–water partition coefficient (Wildman–Crippen LogP) is 0.154. The second-order valence-electron chi connectivity index (χ2n) is 13.7. The van der Waals surface area contributed by atoms with Gasteiger partial charge in [-0.1, -0.05) is 44.7 Å². The number of nitrogens with one attached hydrogen (secondary N) is 2. The van der Waals surface area contributed by atoms with Gasteiger partial charge in [0.15, 0.2) is 22.3 Å². The van der Waals surface area contributed by atoms with Gasteiger partial charge in [0.2, 0.25) is 11.8 Å². The molecule has 0 saturated carbocycles. The van der Waals surface area contributed by atoms with Crippen LogP contribution in [0.25, 0.3) is 11.2 Å². The molecule has 25 nitrogen and oxygen atoms in total. The zero-order valence-corrected chi connectivity index (χ0v) is 35.7. The Morgan fingerprint density at radius 3 is 2.41 bits per heavy atom. The van der Waals surface area contributed by atoms with Crippen LogP contribution in [0.2, 0.25) is 0 Å². The Labute approximate surface area is 341 Å². The summed E-state index contributed by atoms with van der Waals surface area (Å²) >= 11 is 0.893. The number of aliphatic hydroxyl groups is 2. The Hall–Kier alpha value is -3.03. The molecule has 0 spiro atoms. The third-order valence-electron chi connectivity index (χ3n) is 8.34. The van der Waals surface area contributed by atoms with E-state index in [0.717, 1.165) is 35.4 Å². The first-order chi connectivity index (χ1) is 27.3. The molecule has 10 N–H and O–H groups in total. The zero-order chi connectivity index (χ0) is 44.4. The fourth-order valence-electron chi connectivity index (χ4n) is 5.27. The van der Waals surface area contributed by atoms with Gasteiger partial charge < -0.3 is 50.9 Å². The average molecular weight is 920 g/mol. The van der Waals surface area contributed by atoms with Gasteiger partial charge in [-0.2, -0.15) is 4.31 Å². The van der Waals surface area contributed by atoms with Crippen molar-refractivity contribution in [3.05, 3.63) is 24.8 Å². The van der Waals surface area contributed by atoms with E-state index in [-0.39, 0.29) is 66.0 Å². The number of carbonyl (C=O) groups excluding carboxylic acids is 4. The molecule has 2 aromatic heterocycles. The summed E-state index contributed by atoms with van der Waals surface area (Å²) in [5.41, 5.74) is 2.26. The molecule has 0 bridgehead atoms. The van der Waals surface area contributed by atoms with Crippen LogP contribution in [0.5, 0.6) is 0 Å². The van der Waals surface area contributed by atoms with Gasteiger partial charge in [-0.15, -0.1) is 0 Å². The van der Waals surface area contributed by atoms with E-state index in [1.54, 1.807) is 6.08 Å². The number of phosphoric acid groups is 3. The van der Waals surface area contributed by atoms with E-state index >= 15 is 0 Å². The molecular formula is C30H48N7O18P3S. The van der Waals surface area contributed by atoms with Crippen molar-refractivity contribution in [3.63, 3.8) is 0 Å². The molecule has 2 amide bonds. The van der Waals surface area contributed by atoms with E-state index in [9.17, 15) is 62.7 Å². The molecule has 1 aliphatic heterocycles. The number of allylic oxidation sites excluding steroid dienone is 2. The topological polar surface area (TPSA) is 381 Å². The molecule has 7 atom stereocenters. The number of thioether (sulfide) groups is 1. The van der Waals surface area contributed by atoms with Crippen molar-refractivity contribution in [2.24, 2.45) is 5.41 Å². The first kappa shape index (κ1) is 50.3. The molecule has 7 unspecified atom stereocenters. The van der Waals surface area contributed by atoms with Gasteiger partial charge in [-0.05, 0) is 13.3 Å². The Balaban J connectivity index is 1.48. The quantitative estimate of drug-likeness (QED) is 0.0293. The largest absolute Gasteiger partial charge is 0.481 e. The maximum absolute atomic E-state index is 12.8. The fraction of sp³-hybridized carbons (Fsp3) is 0.633. The number of nitrogens with two attached hydrogens (primary N) is 1. The number of hydrogen-bond donors (Lipinski definition) is 9. The Morgan fingerprint density at radius 2 is 1.75 bits per heavy atom. The number of Topliss-reactive ketones (excluding diaryl/α,β-unsaturated/α-hetero) is 1. The van der Waals surface area contributed by atoms with Crippen LogP contribution in [0.3, 0.4) is 0 Å². The molecule has 0 aromatic carbocycles. The van der Waals surface area contributed by atoms with Crippen molar-refractivity contribution in [1.82, 2.24) is 30.2 Å². The highest BCUT2D eigenvalue weighted by atomic mass is 32.2. The van der Waals surface area contributed by atoms with Crippen molar-refractivity contribution in [1.29, 1.82) is 0 Å². The number of phosphoric ester groups is 3. The molecule has 332 valence electrons. The summed E-state index contributed by atoms with van der Waals surface area (Å²) in [6.07, 6.45) is -1.38. The van der Waals surface area contributed by atoms with E-state index in [0.29, 0.717) is 0 Å². The molecule has 2 aromatic rings. The molecule has 3 heterocycles. The summed E-state index contributed by atoms with van der Waals surface area (Å²) in [6, 6.07) is 0. The fourth-order valence-corrected chi connectivity index (χ4v) is 8.79.